The number of sulfonamides is 1. The normalized spacial score (nSPS) is 20.5. The molecule has 0 radical (unpaired) electrons. The fourth-order valence-electron chi connectivity index (χ4n) is 2.12. The van der Waals surface area contributed by atoms with E-state index in [9.17, 15) is 21.6 Å². The number of hydrogen-bond donors (Lipinski definition) is 1. The number of alkyl halides is 3. The van der Waals surface area contributed by atoms with Gasteiger partial charge in [-0.2, -0.15) is 17.5 Å². The minimum atomic E-state index is -4.73. The summed E-state index contributed by atoms with van der Waals surface area (Å²) in [5, 5.41) is 0. The molecular weight excluding hydrogens is 345 g/mol. The molecule has 0 saturated carbocycles. The highest BCUT2D eigenvalue weighted by atomic mass is 35.5. The Morgan fingerprint density at radius 1 is 1.32 bits per heavy atom. The van der Waals surface area contributed by atoms with Crippen LogP contribution in [-0.2, 0) is 20.9 Å². The standard InChI is InChI=1S/C12H15F3N2O3S.ClH/c13-12(14,15)10-3-1-2-4-11(10)21(18,19)17-5-6-20-9(7-16)8-17;/h1-4,9H,5-8,16H2;1H. The van der Waals surface area contributed by atoms with E-state index in [0.29, 0.717) is 0 Å². The van der Waals surface area contributed by atoms with Crippen LogP contribution < -0.4 is 5.73 Å². The van der Waals surface area contributed by atoms with Crippen LogP contribution in [0.2, 0.25) is 0 Å². The van der Waals surface area contributed by atoms with Gasteiger partial charge in [-0.05, 0) is 12.1 Å². The Kier molecular flexibility index (Phi) is 6.22. The van der Waals surface area contributed by atoms with Crippen LogP contribution in [0.3, 0.4) is 0 Å². The van der Waals surface area contributed by atoms with Crippen LogP contribution in [0.1, 0.15) is 5.56 Å². The van der Waals surface area contributed by atoms with Crippen LogP contribution in [0.15, 0.2) is 29.2 Å². The van der Waals surface area contributed by atoms with Crippen molar-refractivity contribution < 1.29 is 26.3 Å². The average Bonchev–Trinajstić information content (AvgIpc) is 2.46. The van der Waals surface area contributed by atoms with E-state index in [1.165, 1.54) is 6.07 Å². The van der Waals surface area contributed by atoms with Gasteiger partial charge in [-0.15, -0.1) is 12.4 Å². The minimum absolute atomic E-state index is 0. The molecule has 1 unspecified atom stereocenters. The van der Waals surface area contributed by atoms with E-state index in [1.54, 1.807) is 0 Å². The first kappa shape index (κ1) is 19.2. The smallest absolute Gasteiger partial charge is 0.374 e. The lowest BCUT2D eigenvalue weighted by molar-refractivity contribution is -0.139. The molecule has 1 saturated heterocycles. The molecule has 1 aromatic carbocycles. The second kappa shape index (κ2) is 7.14. The first-order valence-electron chi connectivity index (χ1n) is 6.25. The number of hydrogen-bond acceptors (Lipinski definition) is 4. The number of nitrogens with two attached hydrogens (primary N) is 1. The van der Waals surface area contributed by atoms with Crippen molar-refractivity contribution in [3.63, 3.8) is 0 Å². The van der Waals surface area contributed by atoms with Crippen molar-refractivity contribution in [2.75, 3.05) is 26.2 Å². The molecule has 1 heterocycles. The molecule has 1 aromatic rings. The zero-order valence-corrected chi connectivity index (χ0v) is 13.0. The van der Waals surface area contributed by atoms with Gasteiger partial charge in [-0.3, -0.25) is 0 Å². The van der Waals surface area contributed by atoms with Crippen molar-refractivity contribution in [1.82, 2.24) is 4.31 Å². The van der Waals surface area contributed by atoms with Gasteiger partial charge in [0.1, 0.15) is 0 Å². The molecule has 0 bridgehead atoms. The monoisotopic (exact) mass is 360 g/mol. The summed E-state index contributed by atoms with van der Waals surface area (Å²) in [6.45, 7) is 0.165. The summed E-state index contributed by atoms with van der Waals surface area (Å²) in [5.41, 5.74) is 4.25. The molecule has 1 aliphatic heterocycles. The molecule has 126 valence electrons. The van der Waals surface area contributed by atoms with Crippen LogP contribution in [-0.4, -0.2) is 45.1 Å². The van der Waals surface area contributed by atoms with E-state index in [0.717, 1.165) is 22.5 Å². The summed E-state index contributed by atoms with van der Waals surface area (Å²) in [5.74, 6) is 0. The predicted molar refractivity (Wildman–Crippen MR) is 76.2 cm³/mol. The van der Waals surface area contributed by atoms with Gasteiger partial charge >= 0.3 is 6.18 Å². The lowest BCUT2D eigenvalue weighted by atomic mass is 10.2. The van der Waals surface area contributed by atoms with Gasteiger partial charge in [0.15, 0.2) is 0 Å². The Bertz CT molecular complexity index is 610. The van der Waals surface area contributed by atoms with Crippen molar-refractivity contribution in [1.29, 1.82) is 0 Å². The Hall–Kier alpha value is -0.870. The zero-order valence-electron chi connectivity index (χ0n) is 11.4. The van der Waals surface area contributed by atoms with Gasteiger partial charge in [0.2, 0.25) is 10.0 Å². The zero-order chi connectivity index (χ0) is 15.7. The number of rotatable bonds is 3. The predicted octanol–water partition coefficient (Wildman–Crippen LogP) is 1.48. The molecule has 2 N–H and O–H groups in total. The molecule has 1 fully saturated rings. The molecule has 0 spiro atoms. The maximum Gasteiger partial charge on any atom is 0.417 e. The molecule has 10 heteroatoms. The highest BCUT2D eigenvalue weighted by Crippen LogP contribution is 2.35. The average molecular weight is 361 g/mol. The Morgan fingerprint density at radius 2 is 1.95 bits per heavy atom. The molecule has 2 rings (SSSR count). The second-order valence-corrected chi connectivity index (χ2v) is 6.49. The molecule has 1 atom stereocenters. The van der Waals surface area contributed by atoms with Crippen molar-refractivity contribution in [2.45, 2.75) is 17.2 Å². The maximum atomic E-state index is 13.0. The lowest BCUT2D eigenvalue weighted by Crippen LogP contribution is -2.48. The highest BCUT2D eigenvalue weighted by Gasteiger charge is 2.39. The Labute approximate surface area is 132 Å². The molecule has 0 amide bonds. The fourth-order valence-corrected chi connectivity index (χ4v) is 3.79. The van der Waals surface area contributed by atoms with Crippen LogP contribution in [0.5, 0.6) is 0 Å². The van der Waals surface area contributed by atoms with E-state index in [-0.39, 0.29) is 38.6 Å². The van der Waals surface area contributed by atoms with E-state index in [1.807, 2.05) is 0 Å². The molecule has 0 aliphatic carbocycles. The Morgan fingerprint density at radius 3 is 2.55 bits per heavy atom. The summed E-state index contributed by atoms with van der Waals surface area (Å²) in [6.07, 6.45) is -5.24. The fraction of sp³-hybridized carbons (Fsp3) is 0.500. The quantitative estimate of drug-likeness (QED) is 0.886. The highest BCUT2D eigenvalue weighted by molar-refractivity contribution is 7.89. The van der Waals surface area contributed by atoms with Crippen molar-refractivity contribution >= 4 is 22.4 Å². The van der Waals surface area contributed by atoms with Gasteiger partial charge in [0, 0.05) is 19.6 Å². The number of halogens is 4. The van der Waals surface area contributed by atoms with Crippen LogP contribution in [0, 0.1) is 0 Å². The van der Waals surface area contributed by atoms with Gasteiger partial charge in [0.05, 0.1) is 23.2 Å². The van der Waals surface area contributed by atoms with Crippen molar-refractivity contribution in [3.8, 4) is 0 Å². The molecular formula is C12H16ClF3N2O3S. The summed E-state index contributed by atoms with van der Waals surface area (Å²) < 4.78 is 70.0. The third-order valence-corrected chi connectivity index (χ3v) is 5.10. The van der Waals surface area contributed by atoms with Gasteiger partial charge < -0.3 is 10.5 Å². The van der Waals surface area contributed by atoms with E-state index < -0.39 is 32.8 Å². The summed E-state index contributed by atoms with van der Waals surface area (Å²) in [6, 6.07) is 4.14. The summed E-state index contributed by atoms with van der Waals surface area (Å²) >= 11 is 0. The van der Waals surface area contributed by atoms with Gasteiger partial charge in [-0.25, -0.2) is 8.42 Å². The van der Waals surface area contributed by atoms with E-state index in [2.05, 4.69) is 0 Å². The number of benzene rings is 1. The lowest BCUT2D eigenvalue weighted by Gasteiger charge is -2.32. The topological polar surface area (TPSA) is 72.6 Å². The van der Waals surface area contributed by atoms with E-state index >= 15 is 0 Å². The second-order valence-electron chi connectivity index (χ2n) is 4.59. The van der Waals surface area contributed by atoms with Crippen LogP contribution in [0.4, 0.5) is 13.2 Å². The molecule has 1 aliphatic rings. The summed E-state index contributed by atoms with van der Waals surface area (Å²) in [7, 11) is -4.24. The Balaban J connectivity index is 0.00000242. The molecule has 0 aromatic heterocycles. The SMILES string of the molecule is Cl.NCC1CN(S(=O)(=O)c2ccccc2C(F)(F)F)CCO1. The number of ether oxygens (including phenoxy) is 1. The molecule has 22 heavy (non-hydrogen) atoms. The first-order chi connectivity index (χ1) is 9.76. The van der Waals surface area contributed by atoms with Crippen molar-refractivity contribution in [2.24, 2.45) is 5.73 Å². The minimum Gasteiger partial charge on any atom is -0.374 e. The van der Waals surface area contributed by atoms with Gasteiger partial charge in [0.25, 0.3) is 0 Å². The third-order valence-electron chi connectivity index (χ3n) is 3.17. The van der Waals surface area contributed by atoms with Crippen molar-refractivity contribution in [3.05, 3.63) is 29.8 Å². The van der Waals surface area contributed by atoms with Crippen LogP contribution >= 0.6 is 12.4 Å². The third kappa shape index (κ3) is 3.90. The van der Waals surface area contributed by atoms with Gasteiger partial charge in [-0.1, -0.05) is 12.1 Å². The largest absolute Gasteiger partial charge is 0.417 e. The first-order valence-corrected chi connectivity index (χ1v) is 7.69. The number of morpholine rings is 1. The van der Waals surface area contributed by atoms with E-state index in [4.69, 9.17) is 10.5 Å². The van der Waals surface area contributed by atoms with Crippen LogP contribution in [0.25, 0.3) is 0 Å². The summed E-state index contributed by atoms with van der Waals surface area (Å²) in [4.78, 5) is -0.741. The maximum absolute atomic E-state index is 13.0. The number of nitrogens with zero attached hydrogens (tertiary/aromatic N) is 1. The molecule has 5 nitrogen and oxygen atoms in total.